The second-order valence-electron chi connectivity index (χ2n) is 6.67. The molecular formula is C21H23NO6S. The molecule has 1 heterocycles. The molecule has 0 unspecified atom stereocenters. The van der Waals surface area contributed by atoms with E-state index in [4.69, 9.17) is 9.47 Å². The summed E-state index contributed by atoms with van der Waals surface area (Å²) in [5.41, 5.74) is 2.58. The molecule has 0 radical (unpaired) electrons. The molecule has 0 N–H and O–H groups in total. The average molecular weight is 417 g/mol. The van der Waals surface area contributed by atoms with Crippen molar-refractivity contribution in [2.24, 2.45) is 0 Å². The molecule has 0 aromatic heterocycles. The number of hydrogen-bond donors (Lipinski definition) is 0. The first-order valence-electron chi connectivity index (χ1n) is 9.29. The fraction of sp³-hybridized carbons (Fsp3) is 0.333. The van der Waals surface area contributed by atoms with Crippen LogP contribution >= 0.6 is 0 Å². The Balaban J connectivity index is 1.59. The number of ether oxygens (including phenoxy) is 2. The molecule has 1 aliphatic heterocycles. The second-order valence-corrected chi connectivity index (χ2v) is 8.86. The molecule has 2 aromatic carbocycles. The third-order valence-corrected chi connectivity index (χ3v) is 6.61. The van der Waals surface area contributed by atoms with E-state index >= 15 is 0 Å². The van der Waals surface area contributed by atoms with E-state index in [1.54, 1.807) is 56.5 Å². The van der Waals surface area contributed by atoms with Crippen LogP contribution in [0.15, 0.2) is 42.5 Å². The van der Waals surface area contributed by atoms with E-state index in [9.17, 15) is 18.0 Å². The van der Waals surface area contributed by atoms with Gasteiger partial charge in [-0.25, -0.2) is 8.42 Å². The van der Waals surface area contributed by atoms with Crippen molar-refractivity contribution in [3.05, 3.63) is 59.2 Å². The summed E-state index contributed by atoms with van der Waals surface area (Å²) in [6, 6.07) is 11.9. The van der Waals surface area contributed by atoms with Gasteiger partial charge in [0.25, 0.3) is 0 Å². The number of carbonyl (C=O) groups excluding carboxylic acids is 2. The SMILES string of the molecule is CCS(=O)(=O)N1CCc2cc(C(=O)COC(=O)Cc3ccc(OC)cc3)ccc21. The monoisotopic (exact) mass is 417 g/mol. The molecule has 3 rings (SSSR count). The van der Waals surface area contributed by atoms with Crippen LogP contribution in [0.1, 0.15) is 28.4 Å². The Labute approximate surface area is 170 Å². The second kappa shape index (κ2) is 8.65. The summed E-state index contributed by atoms with van der Waals surface area (Å²) in [4.78, 5) is 24.4. The van der Waals surface area contributed by atoms with Crippen LogP contribution in [0.3, 0.4) is 0 Å². The summed E-state index contributed by atoms with van der Waals surface area (Å²) in [6.45, 7) is 1.62. The quantitative estimate of drug-likeness (QED) is 0.484. The van der Waals surface area contributed by atoms with Gasteiger partial charge >= 0.3 is 5.97 Å². The summed E-state index contributed by atoms with van der Waals surface area (Å²) in [5, 5.41) is 0. The van der Waals surface area contributed by atoms with Crippen LogP contribution in [0.4, 0.5) is 5.69 Å². The van der Waals surface area contributed by atoms with E-state index in [2.05, 4.69) is 0 Å². The maximum Gasteiger partial charge on any atom is 0.310 e. The van der Waals surface area contributed by atoms with Crippen molar-refractivity contribution in [3.8, 4) is 5.75 Å². The molecule has 1 aliphatic rings. The van der Waals surface area contributed by atoms with Gasteiger partial charge in [-0.3, -0.25) is 13.9 Å². The van der Waals surface area contributed by atoms with Gasteiger partial charge in [0, 0.05) is 12.1 Å². The van der Waals surface area contributed by atoms with Gasteiger partial charge < -0.3 is 9.47 Å². The van der Waals surface area contributed by atoms with Crippen molar-refractivity contribution in [2.45, 2.75) is 19.8 Å². The zero-order valence-corrected chi connectivity index (χ0v) is 17.2. The number of fused-ring (bicyclic) bond motifs is 1. The predicted molar refractivity (Wildman–Crippen MR) is 109 cm³/mol. The van der Waals surface area contributed by atoms with E-state index in [1.165, 1.54) is 4.31 Å². The summed E-state index contributed by atoms with van der Waals surface area (Å²) < 4.78 is 35.8. The molecule has 0 aliphatic carbocycles. The highest BCUT2D eigenvalue weighted by atomic mass is 32.2. The van der Waals surface area contributed by atoms with Gasteiger partial charge in [-0.2, -0.15) is 0 Å². The number of rotatable bonds is 8. The summed E-state index contributed by atoms with van der Waals surface area (Å²) >= 11 is 0. The topological polar surface area (TPSA) is 90.0 Å². The van der Waals surface area contributed by atoms with Crippen LogP contribution in [0.2, 0.25) is 0 Å². The zero-order valence-electron chi connectivity index (χ0n) is 16.4. The van der Waals surface area contributed by atoms with Crippen LogP contribution in [-0.2, 0) is 32.4 Å². The molecule has 8 heteroatoms. The number of Topliss-reactive ketones (excluding diaryl/α,β-unsaturated/α-hetero) is 1. The van der Waals surface area contributed by atoms with E-state index in [1.807, 2.05) is 0 Å². The van der Waals surface area contributed by atoms with E-state index in [0.717, 1.165) is 11.1 Å². The number of sulfonamides is 1. The van der Waals surface area contributed by atoms with Gasteiger partial charge in [0.05, 0.1) is 25.0 Å². The summed E-state index contributed by atoms with van der Waals surface area (Å²) in [5.74, 6) is -0.103. The van der Waals surface area contributed by atoms with Gasteiger partial charge in [-0.1, -0.05) is 12.1 Å². The normalized spacial score (nSPS) is 13.1. The zero-order chi connectivity index (χ0) is 21.0. The smallest absolute Gasteiger partial charge is 0.310 e. The fourth-order valence-electron chi connectivity index (χ4n) is 3.18. The third kappa shape index (κ3) is 4.76. The molecule has 0 saturated carbocycles. The molecule has 29 heavy (non-hydrogen) atoms. The van der Waals surface area contributed by atoms with Gasteiger partial charge in [-0.15, -0.1) is 0 Å². The Hall–Kier alpha value is -2.87. The standard InChI is InChI=1S/C21H23NO6S/c1-3-29(25,26)22-11-10-16-13-17(6-9-19(16)22)20(23)14-28-21(24)12-15-4-7-18(27-2)8-5-15/h4-9,13H,3,10-12,14H2,1-2H3. The highest BCUT2D eigenvalue weighted by Gasteiger charge is 2.28. The number of ketones is 1. The van der Waals surface area contributed by atoms with Crippen molar-refractivity contribution < 1.29 is 27.5 Å². The number of hydrogen-bond acceptors (Lipinski definition) is 6. The molecule has 154 valence electrons. The van der Waals surface area contributed by atoms with Gasteiger partial charge in [0.2, 0.25) is 10.0 Å². The van der Waals surface area contributed by atoms with Crippen molar-refractivity contribution in [1.29, 1.82) is 0 Å². The number of esters is 1. The van der Waals surface area contributed by atoms with Crippen molar-refractivity contribution >= 4 is 27.5 Å². The fourth-order valence-corrected chi connectivity index (χ4v) is 4.34. The summed E-state index contributed by atoms with van der Waals surface area (Å²) in [7, 11) is -1.77. The Morgan fingerprint density at radius 3 is 2.48 bits per heavy atom. The number of carbonyl (C=O) groups is 2. The molecule has 0 atom stereocenters. The highest BCUT2D eigenvalue weighted by Crippen LogP contribution is 2.31. The number of anilines is 1. The highest BCUT2D eigenvalue weighted by molar-refractivity contribution is 7.92. The lowest BCUT2D eigenvalue weighted by Gasteiger charge is -2.18. The molecule has 0 fully saturated rings. The van der Waals surface area contributed by atoms with Gasteiger partial charge in [-0.05, 0) is 54.8 Å². The lowest BCUT2D eigenvalue weighted by atomic mass is 10.1. The van der Waals surface area contributed by atoms with Crippen LogP contribution < -0.4 is 9.04 Å². The minimum Gasteiger partial charge on any atom is -0.497 e. The Morgan fingerprint density at radius 2 is 1.83 bits per heavy atom. The van der Waals surface area contributed by atoms with Crippen LogP contribution in [-0.4, -0.2) is 46.2 Å². The van der Waals surface area contributed by atoms with Crippen LogP contribution in [0.25, 0.3) is 0 Å². The van der Waals surface area contributed by atoms with Crippen molar-refractivity contribution in [3.63, 3.8) is 0 Å². The van der Waals surface area contributed by atoms with Gasteiger partial charge in [0.1, 0.15) is 5.75 Å². The lowest BCUT2D eigenvalue weighted by Crippen LogP contribution is -2.30. The first kappa shape index (κ1) is 20.9. The van der Waals surface area contributed by atoms with Crippen LogP contribution in [0.5, 0.6) is 5.75 Å². The van der Waals surface area contributed by atoms with Crippen molar-refractivity contribution in [1.82, 2.24) is 0 Å². The van der Waals surface area contributed by atoms with E-state index in [-0.39, 0.29) is 24.6 Å². The first-order valence-corrected chi connectivity index (χ1v) is 10.9. The molecule has 7 nitrogen and oxygen atoms in total. The molecule has 0 bridgehead atoms. The number of methoxy groups -OCH3 is 1. The summed E-state index contributed by atoms with van der Waals surface area (Å²) in [6.07, 6.45) is 0.609. The number of benzene rings is 2. The maximum atomic E-state index is 12.4. The third-order valence-electron chi connectivity index (χ3n) is 4.83. The Morgan fingerprint density at radius 1 is 1.10 bits per heavy atom. The largest absolute Gasteiger partial charge is 0.497 e. The molecule has 0 amide bonds. The first-order chi connectivity index (χ1) is 13.8. The van der Waals surface area contributed by atoms with Crippen molar-refractivity contribution in [2.75, 3.05) is 30.3 Å². The number of nitrogens with zero attached hydrogens (tertiary/aromatic N) is 1. The molecule has 2 aromatic rings. The lowest BCUT2D eigenvalue weighted by molar-refractivity contribution is -0.141. The molecular weight excluding hydrogens is 394 g/mol. The Bertz CT molecular complexity index is 1010. The predicted octanol–water partition coefficient (Wildman–Crippen LogP) is 2.38. The van der Waals surface area contributed by atoms with E-state index < -0.39 is 16.0 Å². The minimum absolute atomic E-state index is 0.0251. The van der Waals surface area contributed by atoms with E-state index in [0.29, 0.717) is 30.0 Å². The Kier molecular flexibility index (Phi) is 6.22. The molecule has 0 spiro atoms. The van der Waals surface area contributed by atoms with Gasteiger partial charge in [0.15, 0.2) is 12.4 Å². The molecule has 0 saturated heterocycles. The minimum atomic E-state index is -3.33. The maximum absolute atomic E-state index is 12.4. The average Bonchev–Trinajstić information content (AvgIpc) is 3.16. The van der Waals surface area contributed by atoms with Crippen LogP contribution in [0, 0.1) is 0 Å².